The van der Waals surface area contributed by atoms with Crippen molar-refractivity contribution in [1.29, 1.82) is 0 Å². The van der Waals surface area contributed by atoms with Crippen LogP contribution in [0.25, 0.3) is 0 Å². The molecule has 0 N–H and O–H groups in total. The van der Waals surface area contributed by atoms with Gasteiger partial charge in [0, 0.05) is 12.3 Å². The highest BCUT2D eigenvalue weighted by molar-refractivity contribution is 5.91. The molecule has 2 heteroatoms. The van der Waals surface area contributed by atoms with Crippen molar-refractivity contribution in [3.05, 3.63) is 11.6 Å². The van der Waals surface area contributed by atoms with Crippen LogP contribution in [0.1, 0.15) is 72.1 Å². The van der Waals surface area contributed by atoms with Crippen molar-refractivity contribution in [3.8, 4) is 0 Å². The molecule has 0 aromatic rings. The van der Waals surface area contributed by atoms with Gasteiger partial charge in [-0.15, -0.1) is 0 Å². The fourth-order valence-corrected chi connectivity index (χ4v) is 7.56. The van der Waals surface area contributed by atoms with Gasteiger partial charge in [0.05, 0.1) is 0 Å². The predicted molar refractivity (Wildman–Crippen MR) is 95.4 cm³/mol. The molecule has 4 aliphatic rings. The fourth-order valence-electron chi connectivity index (χ4n) is 7.56. The normalized spacial score (nSPS) is 48.8. The van der Waals surface area contributed by atoms with E-state index in [4.69, 9.17) is 0 Å². The number of carbonyl (C=O) groups excluding carboxylic acids is 2. The quantitative estimate of drug-likeness (QED) is 0.671. The zero-order valence-electron chi connectivity index (χ0n) is 15.5. The highest BCUT2D eigenvalue weighted by Gasteiger charge is 2.59. The Morgan fingerprint density at radius 2 is 1.88 bits per heavy atom. The number of rotatable bonds is 2. The van der Waals surface area contributed by atoms with E-state index in [9.17, 15) is 9.59 Å². The minimum atomic E-state index is 0.207. The molecule has 0 spiro atoms. The smallest absolute Gasteiger partial charge is 0.155 e. The molecule has 4 rings (SSSR count). The summed E-state index contributed by atoms with van der Waals surface area (Å²) in [6.07, 6.45) is 12.5. The topological polar surface area (TPSA) is 34.1 Å². The van der Waals surface area contributed by atoms with Gasteiger partial charge in [0.15, 0.2) is 5.78 Å². The van der Waals surface area contributed by atoms with Gasteiger partial charge in [-0.2, -0.15) is 0 Å². The standard InChI is InChI=1S/C22H32O2/c1-14(13-23)18-6-7-19-17-5-4-15-12-16(24)8-10-21(15,2)20(17)9-11-22(18,19)3/h12-14,17-20H,4-11H2,1-3H3/t14?,17?,18-,19?,20?,21+,22-/m1/s1. The predicted octanol–water partition coefficient (Wildman–Crippen LogP) is 4.97. The molecule has 4 aliphatic carbocycles. The van der Waals surface area contributed by atoms with Gasteiger partial charge in [-0.3, -0.25) is 4.79 Å². The molecule has 0 aromatic heterocycles. The second-order valence-electron chi connectivity index (χ2n) is 9.69. The third kappa shape index (κ3) is 2.14. The number of hydrogen-bond donors (Lipinski definition) is 0. The molecule has 2 nitrogen and oxygen atoms in total. The molecule has 3 fully saturated rings. The Labute approximate surface area is 146 Å². The van der Waals surface area contributed by atoms with Crippen LogP contribution in [-0.2, 0) is 9.59 Å². The van der Waals surface area contributed by atoms with Crippen molar-refractivity contribution >= 4 is 12.1 Å². The summed E-state index contributed by atoms with van der Waals surface area (Å²) in [5.41, 5.74) is 2.09. The van der Waals surface area contributed by atoms with Crippen molar-refractivity contribution in [2.24, 2.45) is 40.4 Å². The van der Waals surface area contributed by atoms with E-state index in [1.165, 1.54) is 44.0 Å². The highest BCUT2D eigenvalue weighted by atomic mass is 16.1. The lowest BCUT2D eigenvalue weighted by molar-refractivity contribution is -0.118. The lowest BCUT2D eigenvalue weighted by atomic mass is 9.46. The van der Waals surface area contributed by atoms with Crippen LogP contribution in [0.15, 0.2) is 11.6 Å². The number of carbonyl (C=O) groups is 2. The van der Waals surface area contributed by atoms with E-state index in [1.807, 2.05) is 6.08 Å². The lowest BCUT2D eigenvalue weighted by Crippen LogP contribution is -2.51. The molecule has 7 atom stereocenters. The minimum Gasteiger partial charge on any atom is -0.303 e. The maximum absolute atomic E-state index is 11.9. The van der Waals surface area contributed by atoms with Crippen molar-refractivity contribution in [3.63, 3.8) is 0 Å². The summed E-state index contributed by atoms with van der Waals surface area (Å²) in [4.78, 5) is 23.3. The van der Waals surface area contributed by atoms with Crippen LogP contribution in [0.5, 0.6) is 0 Å². The van der Waals surface area contributed by atoms with Gasteiger partial charge in [-0.1, -0.05) is 26.3 Å². The zero-order chi connectivity index (χ0) is 17.1. The SMILES string of the molecule is CC(C=O)[C@H]1CCC2C3CCC4=CC(=O)CC[C@]4(C)C3CC[C@@]21C. The monoisotopic (exact) mass is 328 g/mol. The van der Waals surface area contributed by atoms with Crippen LogP contribution in [-0.4, -0.2) is 12.1 Å². The second kappa shape index (κ2) is 5.54. The first-order valence-corrected chi connectivity index (χ1v) is 10.1. The van der Waals surface area contributed by atoms with Crippen LogP contribution in [0.3, 0.4) is 0 Å². The molecule has 0 aromatic carbocycles. The van der Waals surface area contributed by atoms with Crippen LogP contribution < -0.4 is 0 Å². The van der Waals surface area contributed by atoms with Crippen LogP contribution in [0, 0.1) is 40.4 Å². The molecular weight excluding hydrogens is 296 g/mol. The van der Waals surface area contributed by atoms with Crippen LogP contribution >= 0.6 is 0 Å². The highest BCUT2D eigenvalue weighted by Crippen LogP contribution is 2.67. The first-order chi connectivity index (χ1) is 11.4. The Balaban J connectivity index is 1.65. The lowest BCUT2D eigenvalue weighted by Gasteiger charge is -2.58. The molecule has 4 unspecified atom stereocenters. The Morgan fingerprint density at radius 1 is 1.08 bits per heavy atom. The molecule has 0 aliphatic heterocycles. The van der Waals surface area contributed by atoms with Gasteiger partial charge in [0.1, 0.15) is 6.29 Å². The van der Waals surface area contributed by atoms with E-state index in [0.717, 1.165) is 37.0 Å². The minimum absolute atomic E-state index is 0.207. The molecular formula is C22H32O2. The van der Waals surface area contributed by atoms with Crippen LogP contribution in [0.2, 0.25) is 0 Å². The average Bonchev–Trinajstić information content (AvgIpc) is 2.92. The van der Waals surface area contributed by atoms with Crippen molar-refractivity contribution in [2.75, 3.05) is 0 Å². The molecule has 0 heterocycles. The van der Waals surface area contributed by atoms with E-state index in [0.29, 0.717) is 17.1 Å². The summed E-state index contributed by atoms with van der Waals surface area (Å²) in [7, 11) is 0. The van der Waals surface area contributed by atoms with Crippen molar-refractivity contribution in [1.82, 2.24) is 0 Å². The summed E-state index contributed by atoms with van der Waals surface area (Å²) in [6, 6.07) is 0. The zero-order valence-corrected chi connectivity index (χ0v) is 15.5. The molecule has 0 bridgehead atoms. The summed E-state index contributed by atoms with van der Waals surface area (Å²) < 4.78 is 0. The van der Waals surface area contributed by atoms with E-state index in [-0.39, 0.29) is 11.3 Å². The third-order valence-electron chi connectivity index (χ3n) is 8.88. The van der Waals surface area contributed by atoms with Gasteiger partial charge in [0.2, 0.25) is 0 Å². The van der Waals surface area contributed by atoms with Gasteiger partial charge in [0.25, 0.3) is 0 Å². The first kappa shape index (κ1) is 16.5. The number of ketones is 1. The third-order valence-corrected chi connectivity index (χ3v) is 8.88. The van der Waals surface area contributed by atoms with Gasteiger partial charge < -0.3 is 4.79 Å². The molecule has 3 saturated carbocycles. The Hall–Kier alpha value is -0.920. The molecule has 24 heavy (non-hydrogen) atoms. The van der Waals surface area contributed by atoms with Gasteiger partial charge >= 0.3 is 0 Å². The van der Waals surface area contributed by atoms with Gasteiger partial charge in [-0.05, 0) is 85.5 Å². The molecule has 132 valence electrons. The summed E-state index contributed by atoms with van der Waals surface area (Å²) in [5, 5.41) is 0. The first-order valence-electron chi connectivity index (χ1n) is 10.1. The largest absolute Gasteiger partial charge is 0.303 e. The van der Waals surface area contributed by atoms with E-state index >= 15 is 0 Å². The Bertz CT molecular complexity index is 591. The van der Waals surface area contributed by atoms with E-state index in [1.54, 1.807) is 0 Å². The Kier molecular flexibility index (Phi) is 3.82. The summed E-state index contributed by atoms with van der Waals surface area (Å²) in [6.45, 7) is 7.07. The summed E-state index contributed by atoms with van der Waals surface area (Å²) in [5.74, 6) is 3.50. The number of fused-ring (bicyclic) bond motifs is 5. The van der Waals surface area contributed by atoms with Crippen molar-refractivity contribution in [2.45, 2.75) is 72.1 Å². The summed E-state index contributed by atoms with van der Waals surface area (Å²) >= 11 is 0. The number of allylic oxidation sites excluding steroid dienone is 1. The van der Waals surface area contributed by atoms with E-state index < -0.39 is 0 Å². The number of aldehydes is 1. The van der Waals surface area contributed by atoms with E-state index in [2.05, 4.69) is 20.8 Å². The number of hydrogen-bond acceptors (Lipinski definition) is 2. The molecule has 0 saturated heterocycles. The van der Waals surface area contributed by atoms with Gasteiger partial charge in [-0.25, -0.2) is 0 Å². The van der Waals surface area contributed by atoms with Crippen LogP contribution in [0.4, 0.5) is 0 Å². The average molecular weight is 328 g/mol. The fraction of sp³-hybridized carbons (Fsp3) is 0.818. The second-order valence-corrected chi connectivity index (χ2v) is 9.69. The molecule has 0 radical (unpaired) electrons. The van der Waals surface area contributed by atoms with Crippen molar-refractivity contribution < 1.29 is 9.59 Å². The molecule has 0 amide bonds. The maximum atomic E-state index is 11.9. The maximum Gasteiger partial charge on any atom is 0.155 e. The Morgan fingerprint density at radius 3 is 2.62 bits per heavy atom.